The summed E-state index contributed by atoms with van der Waals surface area (Å²) in [5.41, 5.74) is 1.23. The van der Waals surface area contributed by atoms with Gasteiger partial charge in [0.05, 0.1) is 12.8 Å². The molecule has 0 bridgehead atoms. The van der Waals surface area contributed by atoms with Gasteiger partial charge < -0.3 is 9.73 Å². The van der Waals surface area contributed by atoms with Crippen LogP contribution in [0.5, 0.6) is 0 Å². The van der Waals surface area contributed by atoms with Crippen LogP contribution in [0.25, 0.3) is 0 Å². The Hall–Kier alpha value is -1.78. The number of furan rings is 1. The number of hydrogen-bond acceptors (Lipinski definition) is 3. The minimum absolute atomic E-state index is 0.165. The fourth-order valence-electron chi connectivity index (χ4n) is 3.26. The molecule has 1 aliphatic heterocycles. The second kappa shape index (κ2) is 9.07. The van der Waals surface area contributed by atoms with Crippen LogP contribution in [-0.2, 0) is 17.8 Å². The van der Waals surface area contributed by atoms with Crippen LogP contribution in [0, 0.1) is 0 Å². The fraction of sp³-hybridized carbons (Fsp3) is 0.450. The van der Waals surface area contributed by atoms with Crippen LogP contribution in [0.3, 0.4) is 0 Å². The second-order valence-corrected chi connectivity index (χ2v) is 7.11. The van der Waals surface area contributed by atoms with Crippen molar-refractivity contribution >= 4 is 17.5 Å². The number of hydrogen-bond donors (Lipinski definition) is 1. The highest BCUT2D eigenvalue weighted by atomic mass is 35.5. The lowest BCUT2D eigenvalue weighted by atomic mass is 10.0. The average Bonchev–Trinajstić information content (AvgIpc) is 3.11. The molecule has 1 aromatic heterocycles. The molecule has 1 saturated heterocycles. The second-order valence-electron chi connectivity index (χ2n) is 6.68. The highest BCUT2D eigenvalue weighted by Gasteiger charge is 2.21. The number of aryl methyl sites for hydroxylation is 1. The van der Waals surface area contributed by atoms with Crippen molar-refractivity contribution in [2.45, 2.75) is 44.7 Å². The predicted octanol–water partition coefficient (Wildman–Crippen LogP) is 4.04. The van der Waals surface area contributed by atoms with E-state index in [2.05, 4.69) is 10.2 Å². The van der Waals surface area contributed by atoms with E-state index in [1.54, 1.807) is 6.26 Å². The molecule has 0 radical (unpaired) electrons. The van der Waals surface area contributed by atoms with E-state index in [9.17, 15) is 4.79 Å². The number of rotatable bonds is 7. The largest absolute Gasteiger partial charge is 0.468 e. The first-order valence-corrected chi connectivity index (χ1v) is 9.35. The number of carbonyl (C=O) groups excluding carboxylic acids is 1. The third-order valence-electron chi connectivity index (χ3n) is 4.69. The molecule has 3 rings (SSSR count). The summed E-state index contributed by atoms with van der Waals surface area (Å²) >= 11 is 5.88. The van der Waals surface area contributed by atoms with Crippen molar-refractivity contribution in [1.82, 2.24) is 10.2 Å². The van der Waals surface area contributed by atoms with E-state index in [1.165, 1.54) is 5.56 Å². The Morgan fingerprint density at radius 3 is 2.64 bits per heavy atom. The van der Waals surface area contributed by atoms with E-state index in [-0.39, 0.29) is 5.91 Å². The van der Waals surface area contributed by atoms with Crippen LogP contribution < -0.4 is 5.32 Å². The summed E-state index contributed by atoms with van der Waals surface area (Å²) in [5.74, 6) is 1.17. The number of halogens is 1. The number of benzene rings is 1. The fourth-order valence-corrected chi connectivity index (χ4v) is 3.39. The molecular weight excluding hydrogens is 336 g/mol. The maximum Gasteiger partial charge on any atom is 0.220 e. The Bertz CT molecular complexity index is 647. The van der Waals surface area contributed by atoms with Gasteiger partial charge in [-0.2, -0.15) is 0 Å². The van der Waals surface area contributed by atoms with Crippen molar-refractivity contribution in [3.05, 3.63) is 59.0 Å². The van der Waals surface area contributed by atoms with E-state index in [4.69, 9.17) is 16.0 Å². The van der Waals surface area contributed by atoms with Crippen molar-refractivity contribution in [3.8, 4) is 0 Å². The Kier molecular flexibility index (Phi) is 6.54. The minimum Gasteiger partial charge on any atom is -0.468 e. The summed E-state index contributed by atoms with van der Waals surface area (Å²) in [6.07, 6.45) is 6.08. The van der Waals surface area contributed by atoms with Gasteiger partial charge in [0.25, 0.3) is 0 Å². The molecule has 134 valence electrons. The van der Waals surface area contributed by atoms with Gasteiger partial charge >= 0.3 is 0 Å². The minimum atomic E-state index is 0.165. The smallest absolute Gasteiger partial charge is 0.220 e. The quantitative estimate of drug-likeness (QED) is 0.810. The monoisotopic (exact) mass is 360 g/mol. The van der Waals surface area contributed by atoms with Crippen molar-refractivity contribution in [2.75, 3.05) is 13.1 Å². The van der Waals surface area contributed by atoms with Crippen molar-refractivity contribution < 1.29 is 9.21 Å². The molecule has 1 aliphatic rings. The lowest BCUT2D eigenvalue weighted by Gasteiger charge is -2.31. The van der Waals surface area contributed by atoms with E-state index < -0.39 is 0 Å². The first-order valence-electron chi connectivity index (χ1n) is 8.97. The number of nitrogens with one attached hydrogen (secondary N) is 1. The molecule has 0 spiro atoms. The first kappa shape index (κ1) is 18.0. The van der Waals surface area contributed by atoms with Gasteiger partial charge in [0.2, 0.25) is 5.91 Å². The average molecular weight is 361 g/mol. The molecule has 5 heteroatoms. The summed E-state index contributed by atoms with van der Waals surface area (Å²) in [7, 11) is 0. The normalized spacial score (nSPS) is 16.0. The molecule has 0 aliphatic carbocycles. The van der Waals surface area contributed by atoms with Crippen LogP contribution >= 0.6 is 11.6 Å². The van der Waals surface area contributed by atoms with Crippen molar-refractivity contribution in [1.29, 1.82) is 0 Å². The number of likely N-dealkylation sites (tertiary alicyclic amines) is 1. The van der Waals surface area contributed by atoms with Gasteiger partial charge in [-0.15, -0.1) is 0 Å². The first-order chi connectivity index (χ1) is 12.2. The molecule has 2 heterocycles. The number of amides is 1. The van der Waals surface area contributed by atoms with Crippen LogP contribution in [0.2, 0.25) is 5.02 Å². The van der Waals surface area contributed by atoms with Gasteiger partial charge in [-0.25, -0.2) is 0 Å². The molecule has 0 unspecified atom stereocenters. The van der Waals surface area contributed by atoms with Gasteiger partial charge in [-0.3, -0.25) is 9.69 Å². The van der Waals surface area contributed by atoms with E-state index >= 15 is 0 Å². The number of piperidine rings is 1. The Morgan fingerprint density at radius 1 is 1.20 bits per heavy atom. The van der Waals surface area contributed by atoms with Crippen molar-refractivity contribution in [2.24, 2.45) is 0 Å². The predicted molar refractivity (Wildman–Crippen MR) is 99.5 cm³/mol. The molecule has 2 aromatic rings. The molecule has 4 nitrogen and oxygen atoms in total. The SMILES string of the molecule is O=C(CCCc1ccc(Cl)cc1)NC1CCN(Cc2ccco2)CC1. The summed E-state index contributed by atoms with van der Waals surface area (Å²) in [4.78, 5) is 14.5. The number of nitrogens with zero attached hydrogens (tertiary/aromatic N) is 1. The maximum absolute atomic E-state index is 12.1. The van der Waals surface area contributed by atoms with Gasteiger partial charge in [-0.05, 0) is 55.5 Å². The third kappa shape index (κ3) is 5.91. The van der Waals surface area contributed by atoms with Gasteiger partial charge in [-0.1, -0.05) is 23.7 Å². The third-order valence-corrected chi connectivity index (χ3v) is 4.95. The molecule has 1 amide bonds. The zero-order chi connectivity index (χ0) is 17.5. The van der Waals surface area contributed by atoms with Gasteiger partial charge in [0.15, 0.2) is 0 Å². The summed E-state index contributed by atoms with van der Waals surface area (Å²) in [6.45, 7) is 2.85. The van der Waals surface area contributed by atoms with Crippen LogP contribution in [0.1, 0.15) is 37.0 Å². The molecule has 0 atom stereocenters. The van der Waals surface area contributed by atoms with Crippen LogP contribution in [0.15, 0.2) is 47.1 Å². The highest BCUT2D eigenvalue weighted by molar-refractivity contribution is 6.30. The Balaban J connectivity index is 1.31. The Labute approximate surface area is 154 Å². The highest BCUT2D eigenvalue weighted by Crippen LogP contribution is 2.15. The van der Waals surface area contributed by atoms with E-state index in [0.29, 0.717) is 12.5 Å². The maximum atomic E-state index is 12.1. The van der Waals surface area contributed by atoms with Gasteiger partial charge in [0.1, 0.15) is 5.76 Å². The van der Waals surface area contributed by atoms with Gasteiger partial charge in [0, 0.05) is 30.6 Å². The number of carbonyl (C=O) groups is 1. The molecule has 0 saturated carbocycles. The molecular formula is C20H25ClN2O2. The Morgan fingerprint density at radius 2 is 1.96 bits per heavy atom. The molecule has 1 fully saturated rings. The molecule has 1 N–H and O–H groups in total. The molecule has 1 aromatic carbocycles. The van der Waals surface area contributed by atoms with Crippen LogP contribution in [0.4, 0.5) is 0 Å². The zero-order valence-electron chi connectivity index (χ0n) is 14.4. The zero-order valence-corrected chi connectivity index (χ0v) is 15.2. The standard InChI is InChI=1S/C20H25ClN2O2/c21-17-8-6-16(7-9-17)3-1-5-20(24)22-18-10-12-23(13-11-18)15-19-4-2-14-25-19/h2,4,6-9,14,18H,1,3,5,10-13,15H2,(H,22,24). The summed E-state index contributed by atoms with van der Waals surface area (Å²) < 4.78 is 5.40. The summed E-state index contributed by atoms with van der Waals surface area (Å²) in [6, 6.07) is 12.1. The van der Waals surface area contributed by atoms with E-state index in [1.807, 2.05) is 36.4 Å². The van der Waals surface area contributed by atoms with Crippen LogP contribution in [-0.4, -0.2) is 29.9 Å². The topological polar surface area (TPSA) is 45.5 Å². The lowest BCUT2D eigenvalue weighted by molar-refractivity contribution is -0.122. The van der Waals surface area contributed by atoms with Crippen molar-refractivity contribution in [3.63, 3.8) is 0 Å². The lowest BCUT2D eigenvalue weighted by Crippen LogP contribution is -2.44. The van der Waals surface area contributed by atoms with E-state index in [0.717, 1.165) is 56.1 Å². The summed E-state index contributed by atoms with van der Waals surface area (Å²) in [5, 5.41) is 3.93. The molecule has 25 heavy (non-hydrogen) atoms.